The van der Waals surface area contributed by atoms with Gasteiger partial charge in [-0.05, 0) is 49.8 Å². The van der Waals surface area contributed by atoms with Crippen LogP contribution in [0.5, 0.6) is 0 Å². The van der Waals surface area contributed by atoms with Gasteiger partial charge in [0.2, 0.25) is 11.8 Å². The van der Waals surface area contributed by atoms with E-state index in [1.165, 1.54) is 0 Å². The highest BCUT2D eigenvalue weighted by Crippen LogP contribution is 2.81. The lowest BCUT2D eigenvalue weighted by molar-refractivity contribution is -0.313. The maximum absolute atomic E-state index is 14.0. The summed E-state index contributed by atoms with van der Waals surface area (Å²) in [7, 11) is 5.03. The largest absolute Gasteiger partial charge is 0.461 e. The molecule has 11 heteroatoms. The molecular formula is C37H50N2O9. The summed E-state index contributed by atoms with van der Waals surface area (Å²) in [5.74, 6) is -1.82. The Balaban J connectivity index is 1.22. The number of esters is 1. The van der Waals surface area contributed by atoms with Gasteiger partial charge in [-0.25, -0.2) is 9.69 Å². The predicted octanol–water partition coefficient (Wildman–Crippen LogP) is 2.66. The lowest BCUT2D eigenvalue weighted by atomic mass is 9.41. The Kier molecular flexibility index (Phi) is 7.37. The van der Waals surface area contributed by atoms with Crippen LogP contribution in [0.4, 0.5) is 5.69 Å². The third-order valence-electron chi connectivity index (χ3n) is 14.7. The van der Waals surface area contributed by atoms with Crippen LogP contribution in [0.15, 0.2) is 24.3 Å². The van der Waals surface area contributed by atoms with Gasteiger partial charge in [0.25, 0.3) is 0 Å². The minimum Gasteiger partial charge on any atom is -0.461 e. The number of methoxy groups -OCH3 is 3. The number of imide groups is 1. The van der Waals surface area contributed by atoms with E-state index in [4.69, 9.17) is 18.9 Å². The van der Waals surface area contributed by atoms with E-state index < -0.39 is 40.0 Å². The van der Waals surface area contributed by atoms with Crippen molar-refractivity contribution < 1.29 is 43.5 Å². The van der Waals surface area contributed by atoms with E-state index in [9.17, 15) is 24.6 Å². The fourth-order valence-electron chi connectivity index (χ4n) is 13.2. The highest BCUT2D eigenvalue weighted by molar-refractivity contribution is 6.22. The summed E-state index contributed by atoms with van der Waals surface area (Å²) < 4.78 is 25.0. The number of ether oxygens (including phenoxy) is 4. The maximum atomic E-state index is 14.0. The molecule has 48 heavy (non-hydrogen) atoms. The molecule has 0 aromatic heterocycles. The third-order valence-corrected chi connectivity index (χ3v) is 14.7. The van der Waals surface area contributed by atoms with Crippen molar-refractivity contribution in [1.29, 1.82) is 0 Å². The first-order valence-corrected chi connectivity index (χ1v) is 17.8. The molecule has 1 spiro atoms. The van der Waals surface area contributed by atoms with Crippen LogP contribution in [-0.2, 0) is 28.5 Å². The van der Waals surface area contributed by atoms with E-state index in [1.54, 1.807) is 52.5 Å². The van der Waals surface area contributed by atoms with Crippen LogP contribution >= 0.6 is 0 Å². The third kappa shape index (κ3) is 3.63. The number of benzene rings is 1. The van der Waals surface area contributed by atoms with Crippen LogP contribution in [0.1, 0.15) is 63.2 Å². The minimum atomic E-state index is -1.61. The first kappa shape index (κ1) is 32.8. The molecule has 2 amide bonds. The number of para-hydroxylation sites is 1. The number of carbonyl (C=O) groups excluding carboxylic acids is 3. The number of hydrogen-bond donors (Lipinski definition) is 2. The van der Waals surface area contributed by atoms with Gasteiger partial charge in [0.15, 0.2) is 0 Å². The summed E-state index contributed by atoms with van der Waals surface area (Å²) in [4.78, 5) is 43.3. The van der Waals surface area contributed by atoms with Gasteiger partial charge in [0, 0.05) is 75.2 Å². The molecule has 7 fully saturated rings. The Labute approximate surface area is 282 Å². The first-order chi connectivity index (χ1) is 22.9. The highest BCUT2D eigenvalue weighted by Gasteiger charge is 2.91. The second-order valence-corrected chi connectivity index (χ2v) is 16.1. The molecule has 2 aliphatic heterocycles. The predicted molar refractivity (Wildman–Crippen MR) is 173 cm³/mol. The molecule has 5 saturated carbocycles. The fraction of sp³-hybridized carbons (Fsp3) is 0.757. The molecule has 7 aliphatic rings. The fourth-order valence-corrected chi connectivity index (χ4v) is 13.2. The molecule has 8 rings (SSSR count). The Morgan fingerprint density at radius 2 is 1.81 bits per heavy atom. The Hall–Kier alpha value is -2.41. The lowest BCUT2D eigenvalue weighted by Gasteiger charge is -2.70. The Morgan fingerprint density at radius 3 is 2.46 bits per heavy atom. The zero-order valence-electron chi connectivity index (χ0n) is 28.9. The van der Waals surface area contributed by atoms with Crippen molar-refractivity contribution in [3.63, 3.8) is 0 Å². The van der Waals surface area contributed by atoms with Crippen molar-refractivity contribution >= 4 is 23.5 Å². The molecule has 0 radical (unpaired) electrons. The summed E-state index contributed by atoms with van der Waals surface area (Å²) in [6, 6.07) is 6.29. The molecule has 2 heterocycles. The summed E-state index contributed by atoms with van der Waals surface area (Å²) in [6.45, 7) is 7.44. The van der Waals surface area contributed by atoms with E-state index >= 15 is 0 Å². The van der Waals surface area contributed by atoms with Crippen LogP contribution in [0.3, 0.4) is 0 Å². The van der Waals surface area contributed by atoms with Crippen molar-refractivity contribution in [2.45, 2.75) is 88.4 Å². The number of nitrogens with zero attached hydrogens (tertiary/aromatic N) is 2. The molecule has 7 bridgehead atoms. The van der Waals surface area contributed by atoms with Gasteiger partial charge < -0.3 is 29.2 Å². The first-order valence-electron chi connectivity index (χ1n) is 17.8. The average molecular weight is 667 g/mol. The van der Waals surface area contributed by atoms with Gasteiger partial charge in [-0.3, -0.25) is 14.5 Å². The van der Waals surface area contributed by atoms with Gasteiger partial charge in [-0.1, -0.05) is 32.9 Å². The Bertz CT molecular complexity index is 1540. The lowest BCUT2D eigenvalue weighted by Crippen LogP contribution is -2.81. The van der Waals surface area contributed by atoms with Crippen LogP contribution in [-0.4, -0.2) is 109 Å². The second kappa shape index (κ2) is 10.8. The van der Waals surface area contributed by atoms with Crippen molar-refractivity contribution in [3.05, 3.63) is 29.8 Å². The number of piperidine rings is 1. The number of likely N-dealkylation sites (N-methyl/N-ethyl adjacent to an activating group) is 1. The van der Waals surface area contributed by atoms with Gasteiger partial charge in [-0.15, -0.1) is 0 Å². The second-order valence-electron chi connectivity index (χ2n) is 16.1. The number of amides is 2. The monoisotopic (exact) mass is 666 g/mol. The topological polar surface area (TPSA) is 135 Å². The molecular weight excluding hydrogens is 616 g/mol. The SMILES string of the molecule is CCN1C[C@]2(COC(=O)c3ccccc3N3C(=O)C[C@H](C)C3=O)CC[C@H](C)[C@@]34C2C(OC)[C@@](O)(C13)[C@@]1(O)C[C@H](OC)[C@H]2C[C@@H]4[C@@H]1[C@H]2OC. The molecule has 262 valence electrons. The number of rotatable bonds is 8. The average Bonchev–Trinajstić information content (AvgIpc) is 3.61. The van der Waals surface area contributed by atoms with Crippen molar-refractivity contribution in [3.8, 4) is 0 Å². The quantitative estimate of drug-likeness (QED) is 0.315. The zero-order chi connectivity index (χ0) is 34.1. The number of anilines is 1. The molecule has 2 N–H and O–H groups in total. The van der Waals surface area contributed by atoms with E-state index in [1.807, 2.05) is 0 Å². The number of likely N-dealkylation sites (tertiary alicyclic amines) is 1. The van der Waals surface area contributed by atoms with Gasteiger partial charge in [-0.2, -0.15) is 0 Å². The van der Waals surface area contributed by atoms with Crippen molar-refractivity contribution in [2.75, 3.05) is 45.9 Å². The van der Waals surface area contributed by atoms with Crippen LogP contribution < -0.4 is 4.90 Å². The molecule has 3 unspecified atom stereocenters. The van der Waals surface area contributed by atoms with Crippen LogP contribution in [0, 0.1) is 46.3 Å². The van der Waals surface area contributed by atoms with Gasteiger partial charge in [0.05, 0.1) is 42.2 Å². The summed E-state index contributed by atoms with van der Waals surface area (Å²) in [6.07, 6.45) is 1.66. The molecule has 1 aromatic carbocycles. The van der Waals surface area contributed by atoms with E-state index in [0.717, 1.165) is 24.2 Å². The molecule has 5 aliphatic carbocycles. The standard InChI is InChI=1S/C37H50N2O9/c1-7-38-17-34(18-48-32(42)21-10-8-9-11-24(21)39-26(40)14-19(2)31(39)41)13-12-20(3)36-23-15-22-25(45-4)16-35(43,27(23)28(22)46-5)37(44,33(36)38)30(47-6)29(34)36/h8-11,19-20,22-23,25,27-30,33,43-44H,7,12-18H2,1-6H3/t19-,20-,22+,23+,25-,27+,28-,29?,30?,33?,34-,35+,36+,37+/m0/s1. The molecule has 2 saturated heterocycles. The smallest absolute Gasteiger partial charge is 0.340 e. The van der Waals surface area contributed by atoms with Crippen molar-refractivity contribution in [1.82, 2.24) is 4.90 Å². The van der Waals surface area contributed by atoms with Gasteiger partial charge in [0.1, 0.15) is 11.2 Å². The van der Waals surface area contributed by atoms with Gasteiger partial charge >= 0.3 is 5.97 Å². The summed E-state index contributed by atoms with van der Waals surface area (Å²) in [5.41, 5.74) is -3.70. The van der Waals surface area contributed by atoms with Crippen molar-refractivity contribution in [2.24, 2.45) is 46.3 Å². The molecule has 11 nitrogen and oxygen atoms in total. The maximum Gasteiger partial charge on any atom is 0.340 e. The minimum absolute atomic E-state index is 0.0441. The van der Waals surface area contributed by atoms with E-state index in [0.29, 0.717) is 19.5 Å². The number of aliphatic hydroxyl groups is 2. The number of carbonyl (C=O) groups is 3. The highest BCUT2D eigenvalue weighted by atomic mass is 16.5. The number of hydrogen-bond acceptors (Lipinski definition) is 10. The van der Waals surface area contributed by atoms with Crippen LogP contribution in [0.2, 0.25) is 0 Å². The van der Waals surface area contributed by atoms with E-state index in [-0.39, 0.29) is 83.9 Å². The Morgan fingerprint density at radius 1 is 1.06 bits per heavy atom. The molecule has 1 aromatic rings. The molecule has 14 atom stereocenters. The number of fused-ring (bicyclic) bond motifs is 2. The summed E-state index contributed by atoms with van der Waals surface area (Å²) in [5, 5.41) is 26.5. The normalized spacial score (nSPS) is 48.7. The van der Waals surface area contributed by atoms with E-state index in [2.05, 4.69) is 18.7 Å². The van der Waals surface area contributed by atoms with Crippen LogP contribution in [0.25, 0.3) is 0 Å². The zero-order valence-corrected chi connectivity index (χ0v) is 28.9. The summed E-state index contributed by atoms with van der Waals surface area (Å²) >= 11 is 0.